The lowest BCUT2D eigenvalue weighted by molar-refractivity contribution is 0.102. The second-order valence-corrected chi connectivity index (χ2v) is 7.29. The predicted octanol–water partition coefficient (Wildman–Crippen LogP) is 3.79. The minimum Gasteiger partial charge on any atom is -0.319 e. The highest BCUT2D eigenvalue weighted by atomic mass is 35.5. The third kappa shape index (κ3) is 3.58. The molecule has 1 amide bonds. The van der Waals surface area contributed by atoms with Gasteiger partial charge >= 0.3 is 0 Å². The molecule has 4 nitrogen and oxygen atoms in total. The number of carbonyl (C=O) groups excluding carboxylic acids is 1. The molecule has 2 rings (SSSR count). The topological polar surface area (TPSA) is 63.2 Å². The van der Waals surface area contributed by atoms with E-state index in [2.05, 4.69) is 5.32 Å². The monoisotopic (exact) mass is 361 g/mol. The first-order valence-corrected chi connectivity index (χ1v) is 8.60. The molecule has 0 atom stereocenters. The molecular weight excluding hydrogens is 352 g/mol. The third-order valence-electron chi connectivity index (χ3n) is 2.80. The van der Waals surface area contributed by atoms with Crippen molar-refractivity contribution in [2.24, 2.45) is 0 Å². The Morgan fingerprint density at radius 3 is 2.27 bits per heavy atom. The second-order valence-electron chi connectivity index (χ2n) is 4.46. The normalized spacial score (nSPS) is 11.3. The van der Waals surface area contributed by atoms with Gasteiger partial charge in [-0.2, -0.15) is 0 Å². The Bertz CT molecular complexity index is 833. The summed E-state index contributed by atoms with van der Waals surface area (Å²) in [6.45, 7) is 0. The average Bonchev–Trinajstić information content (AvgIpc) is 2.39. The molecule has 0 heterocycles. The van der Waals surface area contributed by atoms with Gasteiger partial charge in [0, 0.05) is 6.26 Å². The Hall–Kier alpha value is -1.63. The van der Waals surface area contributed by atoms with Crippen LogP contribution in [-0.2, 0) is 9.84 Å². The second kappa shape index (κ2) is 6.24. The summed E-state index contributed by atoms with van der Waals surface area (Å²) >= 11 is 11.8. The van der Waals surface area contributed by atoms with Crippen molar-refractivity contribution in [2.45, 2.75) is 4.90 Å². The summed E-state index contributed by atoms with van der Waals surface area (Å²) in [4.78, 5) is 12.1. The van der Waals surface area contributed by atoms with Crippen LogP contribution in [0.5, 0.6) is 0 Å². The zero-order valence-electron chi connectivity index (χ0n) is 11.2. The van der Waals surface area contributed by atoms with Gasteiger partial charge in [-0.25, -0.2) is 12.8 Å². The van der Waals surface area contributed by atoms with Crippen molar-refractivity contribution in [3.8, 4) is 0 Å². The maximum Gasteiger partial charge on any atom is 0.258 e. The number of benzene rings is 2. The highest BCUT2D eigenvalue weighted by Crippen LogP contribution is 2.26. The third-order valence-corrected chi connectivity index (χ3v) is 4.54. The molecular formula is C14H10Cl2FNO3S. The van der Waals surface area contributed by atoms with Crippen molar-refractivity contribution in [2.75, 3.05) is 11.6 Å². The molecule has 2 aromatic rings. The van der Waals surface area contributed by atoms with E-state index in [0.29, 0.717) is 0 Å². The number of sulfone groups is 1. The standard InChI is InChI=1S/C14H10Cl2FNO3S/c1-22(20,21)8-5-6-11(17)12(7-8)18-14(19)13-9(15)3-2-4-10(13)16/h2-7H,1H3,(H,18,19). The summed E-state index contributed by atoms with van der Waals surface area (Å²) in [5, 5.41) is 2.48. The zero-order chi connectivity index (χ0) is 16.5. The molecule has 0 spiro atoms. The maximum absolute atomic E-state index is 13.8. The molecule has 2 aromatic carbocycles. The smallest absolute Gasteiger partial charge is 0.258 e. The van der Waals surface area contributed by atoms with Crippen molar-refractivity contribution in [3.05, 3.63) is 57.8 Å². The summed E-state index contributed by atoms with van der Waals surface area (Å²) in [5.41, 5.74) is -0.293. The Morgan fingerprint density at radius 1 is 1.14 bits per heavy atom. The highest BCUT2D eigenvalue weighted by molar-refractivity contribution is 7.90. The molecule has 0 aliphatic rings. The minimum absolute atomic E-state index is 0.0185. The number of nitrogens with one attached hydrogen (secondary N) is 1. The molecule has 0 aliphatic heterocycles. The van der Waals surface area contributed by atoms with Crippen molar-refractivity contribution >= 4 is 44.6 Å². The van der Waals surface area contributed by atoms with E-state index in [4.69, 9.17) is 23.2 Å². The highest BCUT2D eigenvalue weighted by Gasteiger charge is 2.18. The van der Waals surface area contributed by atoms with Gasteiger partial charge in [-0.1, -0.05) is 29.3 Å². The van der Waals surface area contributed by atoms with E-state index in [9.17, 15) is 17.6 Å². The van der Waals surface area contributed by atoms with Crippen LogP contribution in [0.4, 0.5) is 10.1 Å². The molecule has 0 saturated heterocycles. The van der Waals surface area contributed by atoms with Crippen LogP contribution in [0.3, 0.4) is 0 Å². The lowest BCUT2D eigenvalue weighted by atomic mass is 10.2. The van der Waals surface area contributed by atoms with E-state index < -0.39 is 21.6 Å². The largest absolute Gasteiger partial charge is 0.319 e. The molecule has 0 aliphatic carbocycles. The van der Waals surface area contributed by atoms with Crippen LogP contribution in [0.2, 0.25) is 10.0 Å². The van der Waals surface area contributed by atoms with Crippen LogP contribution >= 0.6 is 23.2 Å². The minimum atomic E-state index is -3.53. The van der Waals surface area contributed by atoms with Gasteiger partial charge in [0.05, 0.1) is 26.2 Å². The van der Waals surface area contributed by atoms with E-state index in [1.165, 1.54) is 12.1 Å². The Kier molecular flexibility index (Phi) is 4.75. The maximum atomic E-state index is 13.8. The van der Waals surface area contributed by atoms with Gasteiger partial charge in [-0.15, -0.1) is 0 Å². The van der Waals surface area contributed by atoms with Crippen LogP contribution in [0, 0.1) is 5.82 Å². The predicted molar refractivity (Wildman–Crippen MR) is 83.9 cm³/mol. The molecule has 0 unspecified atom stereocenters. The number of rotatable bonds is 3. The van der Waals surface area contributed by atoms with Gasteiger partial charge in [-0.3, -0.25) is 4.79 Å². The van der Waals surface area contributed by atoms with Crippen molar-refractivity contribution < 1.29 is 17.6 Å². The molecule has 0 fully saturated rings. The number of hydrogen-bond acceptors (Lipinski definition) is 3. The Labute approximate surface area is 136 Å². The van der Waals surface area contributed by atoms with Gasteiger partial charge in [0.25, 0.3) is 5.91 Å². The molecule has 0 aromatic heterocycles. The first-order valence-electron chi connectivity index (χ1n) is 5.95. The van der Waals surface area contributed by atoms with Crippen molar-refractivity contribution in [3.63, 3.8) is 0 Å². The van der Waals surface area contributed by atoms with Crippen LogP contribution in [0.1, 0.15) is 10.4 Å². The molecule has 0 radical (unpaired) electrons. The first-order chi connectivity index (χ1) is 10.2. The van der Waals surface area contributed by atoms with Gasteiger partial charge in [0.15, 0.2) is 9.84 Å². The van der Waals surface area contributed by atoms with Crippen LogP contribution < -0.4 is 5.32 Å². The number of halogens is 3. The van der Waals surface area contributed by atoms with E-state index in [1.807, 2.05) is 0 Å². The van der Waals surface area contributed by atoms with E-state index in [1.54, 1.807) is 6.07 Å². The number of hydrogen-bond donors (Lipinski definition) is 1. The van der Waals surface area contributed by atoms with E-state index in [-0.39, 0.29) is 26.2 Å². The average molecular weight is 362 g/mol. The fourth-order valence-corrected chi connectivity index (χ4v) is 2.95. The van der Waals surface area contributed by atoms with Crippen LogP contribution in [0.25, 0.3) is 0 Å². The lowest BCUT2D eigenvalue weighted by Gasteiger charge is -2.10. The van der Waals surface area contributed by atoms with Gasteiger partial charge in [-0.05, 0) is 30.3 Å². The number of amides is 1. The molecule has 0 bridgehead atoms. The zero-order valence-corrected chi connectivity index (χ0v) is 13.6. The number of carbonyl (C=O) groups is 1. The summed E-state index contributed by atoms with van der Waals surface area (Å²) < 4.78 is 36.7. The lowest BCUT2D eigenvalue weighted by Crippen LogP contribution is -2.14. The summed E-state index contributed by atoms with van der Waals surface area (Å²) in [5.74, 6) is -1.51. The SMILES string of the molecule is CS(=O)(=O)c1ccc(F)c(NC(=O)c2c(Cl)cccc2Cl)c1. The molecule has 0 saturated carbocycles. The summed E-state index contributed by atoms with van der Waals surface area (Å²) in [6.07, 6.45) is 0.983. The van der Waals surface area contributed by atoms with Crippen LogP contribution in [0.15, 0.2) is 41.3 Å². The number of anilines is 1. The summed E-state index contributed by atoms with van der Waals surface area (Å²) in [7, 11) is -3.53. The van der Waals surface area contributed by atoms with Crippen LogP contribution in [-0.4, -0.2) is 20.6 Å². The molecule has 1 N–H and O–H groups in total. The summed E-state index contributed by atoms with van der Waals surface area (Å²) in [6, 6.07) is 7.60. The first kappa shape index (κ1) is 16.7. The van der Waals surface area contributed by atoms with Gasteiger partial charge < -0.3 is 5.32 Å². The van der Waals surface area contributed by atoms with Gasteiger partial charge in [0.2, 0.25) is 0 Å². The van der Waals surface area contributed by atoms with Gasteiger partial charge in [0.1, 0.15) is 5.82 Å². The fourth-order valence-electron chi connectivity index (χ4n) is 1.73. The van der Waals surface area contributed by atoms with Crippen molar-refractivity contribution in [1.29, 1.82) is 0 Å². The van der Waals surface area contributed by atoms with E-state index in [0.717, 1.165) is 24.5 Å². The molecule has 8 heteroatoms. The fraction of sp³-hybridized carbons (Fsp3) is 0.0714. The quantitative estimate of drug-likeness (QED) is 0.845. The van der Waals surface area contributed by atoms with Crippen molar-refractivity contribution in [1.82, 2.24) is 0 Å². The Morgan fingerprint density at radius 2 is 1.73 bits per heavy atom. The molecule has 22 heavy (non-hydrogen) atoms. The van der Waals surface area contributed by atoms with E-state index >= 15 is 0 Å². The Balaban J connectivity index is 2.41. The molecule has 116 valence electrons.